The van der Waals surface area contributed by atoms with Crippen LogP contribution in [0, 0.1) is 0 Å². The summed E-state index contributed by atoms with van der Waals surface area (Å²) in [5.41, 5.74) is 4.04. The van der Waals surface area contributed by atoms with E-state index in [0.29, 0.717) is 22.4 Å². The summed E-state index contributed by atoms with van der Waals surface area (Å²) < 4.78 is 15.7. The Morgan fingerprint density at radius 2 is 1.76 bits per heavy atom. The lowest BCUT2D eigenvalue weighted by Gasteiger charge is -2.08. The largest absolute Gasteiger partial charge is 0.497 e. The van der Waals surface area contributed by atoms with Gasteiger partial charge in [0.1, 0.15) is 16.5 Å². The summed E-state index contributed by atoms with van der Waals surface area (Å²) >= 11 is 1.27. The monoisotopic (exact) mass is 535 g/mol. The van der Waals surface area contributed by atoms with Crippen LogP contribution in [0.4, 0.5) is 5.00 Å². The summed E-state index contributed by atoms with van der Waals surface area (Å²) in [6, 6.07) is 13.0. The molecule has 2 aromatic carbocycles. The van der Waals surface area contributed by atoms with Crippen molar-refractivity contribution in [3.63, 3.8) is 0 Å². The lowest BCUT2D eigenvalue weighted by Crippen LogP contribution is -2.32. The number of carbonyl (C=O) groups excluding carboxylic acids is 4. The van der Waals surface area contributed by atoms with Gasteiger partial charge in [-0.3, -0.25) is 9.59 Å². The second kappa shape index (κ2) is 12.2. The fourth-order valence-corrected chi connectivity index (χ4v) is 5.12. The molecule has 196 valence electrons. The highest BCUT2D eigenvalue weighted by Crippen LogP contribution is 2.39. The Morgan fingerprint density at radius 1 is 1.00 bits per heavy atom. The van der Waals surface area contributed by atoms with Crippen LogP contribution in [-0.2, 0) is 27.2 Å². The van der Waals surface area contributed by atoms with Crippen molar-refractivity contribution in [2.45, 2.75) is 26.2 Å². The van der Waals surface area contributed by atoms with Crippen molar-refractivity contribution < 1.29 is 33.4 Å². The van der Waals surface area contributed by atoms with E-state index < -0.39 is 23.8 Å². The summed E-state index contributed by atoms with van der Waals surface area (Å²) in [5.74, 6) is -2.31. The first-order valence-electron chi connectivity index (χ1n) is 11.8. The first-order valence-corrected chi connectivity index (χ1v) is 12.6. The first-order chi connectivity index (χ1) is 18.4. The molecule has 1 heterocycles. The Hall–Kier alpha value is -4.51. The molecule has 2 amide bonds. The van der Waals surface area contributed by atoms with Gasteiger partial charge in [-0.25, -0.2) is 15.0 Å². The van der Waals surface area contributed by atoms with E-state index in [1.165, 1.54) is 24.7 Å². The number of ether oxygens (including phenoxy) is 3. The van der Waals surface area contributed by atoms with Crippen LogP contribution in [0.1, 0.15) is 50.1 Å². The number of nitrogens with zero attached hydrogens (tertiary/aromatic N) is 1. The van der Waals surface area contributed by atoms with Crippen LogP contribution >= 0.6 is 11.3 Å². The summed E-state index contributed by atoms with van der Waals surface area (Å²) in [7, 11) is 1.53. The number of methoxy groups -OCH3 is 1. The molecular weight excluding hydrogens is 510 g/mol. The van der Waals surface area contributed by atoms with Crippen LogP contribution in [0.15, 0.2) is 53.6 Å². The van der Waals surface area contributed by atoms with Crippen molar-refractivity contribution >= 4 is 46.3 Å². The Labute approximate surface area is 222 Å². The third-order valence-corrected chi connectivity index (χ3v) is 6.86. The topological polar surface area (TPSA) is 132 Å². The van der Waals surface area contributed by atoms with Crippen LogP contribution in [0.3, 0.4) is 0 Å². The van der Waals surface area contributed by atoms with E-state index in [2.05, 4.69) is 15.8 Å². The molecule has 38 heavy (non-hydrogen) atoms. The highest BCUT2D eigenvalue weighted by Gasteiger charge is 2.29. The van der Waals surface area contributed by atoms with Gasteiger partial charge in [-0.15, -0.1) is 11.3 Å². The molecule has 0 radical (unpaired) electrons. The van der Waals surface area contributed by atoms with Gasteiger partial charge in [0.05, 0.1) is 31.1 Å². The molecule has 1 aliphatic rings. The molecule has 0 atom stereocenters. The SMILES string of the molecule is CCOC(=O)c1c(NC(=O)C(=O)N/N=C/c2ccccc2OC(=O)c2ccc(OC)cc2)sc2c1CCC2. The molecule has 11 heteroatoms. The van der Waals surface area contributed by atoms with E-state index in [1.54, 1.807) is 55.5 Å². The minimum absolute atomic E-state index is 0.197. The number of amides is 2. The van der Waals surface area contributed by atoms with Crippen LogP contribution in [0.25, 0.3) is 0 Å². The van der Waals surface area contributed by atoms with Gasteiger partial charge in [-0.1, -0.05) is 12.1 Å². The van der Waals surface area contributed by atoms with Crippen molar-refractivity contribution in [3.05, 3.63) is 75.7 Å². The second-order valence-corrected chi connectivity index (χ2v) is 9.20. The standard InChI is InChI=1S/C27H25N3O7S/c1-3-36-27(34)22-19-8-6-10-21(19)38-25(22)29-23(31)24(32)30-28-15-17-7-4-5-9-20(17)37-26(33)16-11-13-18(35-2)14-12-16/h4-5,7,9,11-15H,3,6,8,10H2,1-2H3,(H,29,31)(H,30,32)/b28-15+. The number of hydrazone groups is 1. The number of hydrogen-bond acceptors (Lipinski definition) is 9. The minimum Gasteiger partial charge on any atom is -0.497 e. The van der Waals surface area contributed by atoms with Crippen LogP contribution in [0.5, 0.6) is 11.5 Å². The Balaban J connectivity index is 1.39. The molecule has 1 aromatic heterocycles. The average Bonchev–Trinajstić information content (AvgIpc) is 3.50. The molecule has 0 aliphatic heterocycles. The Morgan fingerprint density at radius 3 is 2.50 bits per heavy atom. The van der Waals surface area contributed by atoms with Gasteiger partial charge in [0.25, 0.3) is 0 Å². The van der Waals surface area contributed by atoms with E-state index in [9.17, 15) is 19.2 Å². The zero-order valence-electron chi connectivity index (χ0n) is 20.7. The van der Waals surface area contributed by atoms with Gasteiger partial charge >= 0.3 is 23.8 Å². The lowest BCUT2D eigenvalue weighted by molar-refractivity contribution is -0.136. The molecule has 0 fully saturated rings. The van der Waals surface area contributed by atoms with Gasteiger partial charge in [-0.05, 0) is 68.1 Å². The smallest absolute Gasteiger partial charge is 0.343 e. The number of aryl methyl sites for hydroxylation is 1. The Bertz CT molecular complexity index is 1400. The summed E-state index contributed by atoms with van der Waals surface area (Å²) in [6.07, 6.45) is 3.70. The highest BCUT2D eigenvalue weighted by atomic mass is 32.1. The van der Waals surface area contributed by atoms with Crippen molar-refractivity contribution in [3.8, 4) is 11.5 Å². The second-order valence-electron chi connectivity index (χ2n) is 8.09. The summed E-state index contributed by atoms with van der Waals surface area (Å²) in [6.45, 7) is 1.90. The average molecular weight is 536 g/mol. The zero-order chi connectivity index (χ0) is 27.1. The first kappa shape index (κ1) is 26.6. The molecule has 0 bridgehead atoms. The van der Waals surface area contributed by atoms with E-state index in [0.717, 1.165) is 29.7 Å². The predicted molar refractivity (Wildman–Crippen MR) is 141 cm³/mol. The van der Waals surface area contributed by atoms with Crippen molar-refractivity contribution in [2.24, 2.45) is 5.10 Å². The molecule has 0 unspecified atom stereocenters. The number of nitrogens with one attached hydrogen (secondary N) is 2. The van der Waals surface area contributed by atoms with Gasteiger partial charge in [0, 0.05) is 10.4 Å². The van der Waals surface area contributed by atoms with Crippen molar-refractivity contribution in [2.75, 3.05) is 19.0 Å². The van der Waals surface area contributed by atoms with Gasteiger partial charge < -0.3 is 19.5 Å². The molecule has 2 N–H and O–H groups in total. The van der Waals surface area contributed by atoms with Gasteiger partial charge in [0.15, 0.2) is 0 Å². The molecule has 0 spiro atoms. The van der Waals surface area contributed by atoms with Crippen molar-refractivity contribution in [1.82, 2.24) is 5.43 Å². The Kier molecular flexibility index (Phi) is 8.49. The summed E-state index contributed by atoms with van der Waals surface area (Å²) in [4.78, 5) is 50.9. The predicted octanol–water partition coefficient (Wildman–Crippen LogP) is 3.73. The maximum Gasteiger partial charge on any atom is 0.343 e. The lowest BCUT2D eigenvalue weighted by atomic mass is 10.1. The van der Waals surface area contributed by atoms with Crippen LogP contribution in [0.2, 0.25) is 0 Å². The number of para-hydroxylation sites is 1. The zero-order valence-corrected chi connectivity index (χ0v) is 21.6. The molecular formula is C27H25N3O7S. The number of carbonyl (C=O) groups is 4. The molecule has 4 rings (SSSR count). The number of benzene rings is 2. The number of rotatable bonds is 8. The minimum atomic E-state index is -1.03. The fourth-order valence-electron chi connectivity index (χ4n) is 3.85. The number of fused-ring (bicyclic) bond motifs is 1. The summed E-state index contributed by atoms with van der Waals surface area (Å²) in [5, 5.41) is 6.61. The number of hydrogen-bond donors (Lipinski definition) is 2. The van der Waals surface area contributed by atoms with Gasteiger partial charge in [-0.2, -0.15) is 5.10 Å². The normalized spacial score (nSPS) is 12.1. The number of esters is 2. The molecule has 0 saturated carbocycles. The maximum atomic E-state index is 12.5. The van der Waals surface area contributed by atoms with Crippen LogP contribution < -0.4 is 20.2 Å². The fraction of sp³-hybridized carbons (Fsp3) is 0.222. The van der Waals surface area contributed by atoms with E-state index in [1.807, 2.05) is 0 Å². The van der Waals surface area contributed by atoms with E-state index >= 15 is 0 Å². The molecule has 10 nitrogen and oxygen atoms in total. The highest BCUT2D eigenvalue weighted by molar-refractivity contribution is 7.17. The van der Waals surface area contributed by atoms with Crippen molar-refractivity contribution in [1.29, 1.82) is 0 Å². The number of anilines is 1. The molecule has 1 aliphatic carbocycles. The van der Waals surface area contributed by atoms with Gasteiger partial charge in [0.2, 0.25) is 0 Å². The third-order valence-electron chi connectivity index (χ3n) is 5.65. The maximum absolute atomic E-state index is 12.5. The quantitative estimate of drug-likeness (QED) is 0.148. The molecule has 3 aromatic rings. The number of thiophene rings is 1. The third kappa shape index (κ3) is 6.06. The van der Waals surface area contributed by atoms with E-state index in [-0.39, 0.29) is 17.4 Å². The van der Waals surface area contributed by atoms with Crippen LogP contribution in [-0.4, -0.2) is 43.7 Å². The van der Waals surface area contributed by atoms with E-state index in [4.69, 9.17) is 14.2 Å². The molecule has 0 saturated heterocycles.